The Morgan fingerprint density at radius 2 is 2.12 bits per heavy atom. The normalized spacial score (nSPS) is 22.5. The summed E-state index contributed by atoms with van der Waals surface area (Å²) in [4.78, 5) is 2.76. The molecule has 0 saturated heterocycles. The lowest BCUT2D eigenvalue weighted by atomic mass is 10.2. The van der Waals surface area contributed by atoms with Gasteiger partial charge in [0, 0.05) is 11.5 Å². The average Bonchev–Trinajstić information content (AvgIpc) is 3.07. The van der Waals surface area contributed by atoms with E-state index in [2.05, 4.69) is 22.2 Å². The fraction of sp³-hybridized carbons (Fsp3) is 0.500. The summed E-state index contributed by atoms with van der Waals surface area (Å²) >= 11 is 0. The van der Waals surface area contributed by atoms with Crippen LogP contribution in [-0.4, -0.2) is 13.2 Å². The summed E-state index contributed by atoms with van der Waals surface area (Å²) < 4.78 is 5.62. The molecule has 0 spiro atoms. The molecule has 0 unspecified atom stereocenters. The van der Waals surface area contributed by atoms with Crippen molar-refractivity contribution >= 4 is 0 Å². The minimum absolute atomic E-state index is 0.548. The van der Waals surface area contributed by atoms with Gasteiger partial charge in [0.25, 0.3) is 0 Å². The molecule has 4 heteroatoms. The third-order valence-electron chi connectivity index (χ3n) is 2.89. The van der Waals surface area contributed by atoms with Gasteiger partial charge < -0.3 is 4.74 Å². The van der Waals surface area contributed by atoms with E-state index in [0.29, 0.717) is 25.0 Å². The molecule has 0 aromatic heterocycles. The van der Waals surface area contributed by atoms with E-state index in [1.807, 2.05) is 18.2 Å². The topological polar surface area (TPSA) is 58.0 Å². The van der Waals surface area contributed by atoms with Crippen LogP contribution in [0.3, 0.4) is 0 Å². The summed E-state index contributed by atoms with van der Waals surface area (Å²) in [6.07, 6.45) is 1.13. The van der Waals surface area contributed by atoms with Crippen LogP contribution >= 0.6 is 0 Å². The van der Waals surface area contributed by atoms with Crippen molar-refractivity contribution in [1.29, 1.82) is 0 Å². The highest BCUT2D eigenvalue weighted by Crippen LogP contribution is 2.38. The van der Waals surface area contributed by atoms with Gasteiger partial charge in [0.1, 0.15) is 0 Å². The van der Waals surface area contributed by atoms with E-state index >= 15 is 0 Å². The summed E-state index contributed by atoms with van der Waals surface area (Å²) in [7, 11) is 0. The molecule has 4 nitrogen and oxygen atoms in total. The van der Waals surface area contributed by atoms with Crippen LogP contribution in [0, 0.1) is 11.8 Å². The van der Waals surface area contributed by atoms with Crippen LogP contribution in [0.15, 0.2) is 35.4 Å². The van der Waals surface area contributed by atoms with E-state index in [9.17, 15) is 0 Å². The Labute approximate surface area is 94.9 Å². The highest BCUT2D eigenvalue weighted by molar-refractivity contribution is 5.13. The Bertz CT molecular complexity index is 373. The average molecular weight is 217 g/mol. The van der Waals surface area contributed by atoms with Gasteiger partial charge >= 0.3 is 0 Å². The molecule has 0 aliphatic heterocycles. The highest BCUT2D eigenvalue weighted by Gasteiger charge is 2.36. The van der Waals surface area contributed by atoms with Gasteiger partial charge in [0.2, 0.25) is 0 Å². The summed E-state index contributed by atoms with van der Waals surface area (Å²) in [6, 6.07) is 10.1. The third-order valence-corrected chi connectivity index (χ3v) is 2.89. The Morgan fingerprint density at radius 1 is 1.31 bits per heavy atom. The van der Waals surface area contributed by atoms with E-state index in [4.69, 9.17) is 10.3 Å². The molecular weight excluding hydrogens is 202 g/mol. The van der Waals surface area contributed by atoms with E-state index in [-0.39, 0.29) is 0 Å². The van der Waals surface area contributed by atoms with E-state index < -0.39 is 0 Å². The minimum atomic E-state index is 0.548. The van der Waals surface area contributed by atoms with Crippen LogP contribution in [-0.2, 0) is 11.3 Å². The predicted molar refractivity (Wildman–Crippen MR) is 61.7 cm³/mol. The van der Waals surface area contributed by atoms with Crippen molar-refractivity contribution in [3.8, 4) is 0 Å². The van der Waals surface area contributed by atoms with Gasteiger partial charge in [-0.3, -0.25) is 0 Å². The number of nitrogens with zero attached hydrogens (tertiary/aromatic N) is 3. The maximum Gasteiger partial charge on any atom is 0.0717 e. The van der Waals surface area contributed by atoms with Gasteiger partial charge in [-0.15, -0.1) is 0 Å². The van der Waals surface area contributed by atoms with Crippen molar-refractivity contribution in [2.75, 3.05) is 13.2 Å². The molecule has 0 amide bonds. The molecule has 1 saturated carbocycles. The minimum Gasteiger partial charge on any atom is -0.376 e. The van der Waals surface area contributed by atoms with Gasteiger partial charge in [0.05, 0.1) is 13.2 Å². The molecule has 16 heavy (non-hydrogen) atoms. The van der Waals surface area contributed by atoms with E-state index in [1.165, 1.54) is 5.56 Å². The van der Waals surface area contributed by atoms with Gasteiger partial charge in [0.15, 0.2) is 0 Å². The standard InChI is InChI=1S/C12H15N3O/c13-15-14-7-11-6-12(11)9-16-8-10-4-2-1-3-5-10/h1-5,11-12H,6-9H2/t11-,12+/m1/s1. The van der Waals surface area contributed by atoms with Crippen molar-refractivity contribution in [3.05, 3.63) is 46.3 Å². The van der Waals surface area contributed by atoms with Crippen LogP contribution in [0.2, 0.25) is 0 Å². The van der Waals surface area contributed by atoms with E-state index in [0.717, 1.165) is 13.0 Å². The molecule has 2 atom stereocenters. The lowest BCUT2D eigenvalue weighted by molar-refractivity contribution is 0.108. The molecule has 1 aliphatic carbocycles. The molecule has 0 heterocycles. The van der Waals surface area contributed by atoms with Crippen LogP contribution in [0.25, 0.3) is 10.4 Å². The predicted octanol–water partition coefficient (Wildman–Crippen LogP) is 3.15. The zero-order chi connectivity index (χ0) is 11.2. The molecule has 0 N–H and O–H groups in total. The maximum atomic E-state index is 8.18. The third kappa shape index (κ3) is 3.26. The SMILES string of the molecule is [N-]=[N+]=NC[C@H]1C[C@H]1COCc1ccccc1. The maximum absolute atomic E-state index is 8.18. The summed E-state index contributed by atoms with van der Waals surface area (Å²) in [5.41, 5.74) is 9.38. The largest absolute Gasteiger partial charge is 0.376 e. The quantitative estimate of drug-likeness (QED) is 0.410. The van der Waals surface area contributed by atoms with Gasteiger partial charge in [-0.1, -0.05) is 35.4 Å². The fourth-order valence-electron chi connectivity index (χ4n) is 1.78. The van der Waals surface area contributed by atoms with Crippen LogP contribution in [0.1, 0.15) is 12.0 Å². The van der Waals surface area contributed by atoms with Crippen molar-refractivity contribution in [1.82, 2.24) is 0 Å². The second kappa shape index (κ2) is 5.54. The molecule has 1 aromatic rings. The number of benzene rings is 1. The Hall–Kier alpha value is -1.51. The van der Waals surface area contributed by atoms with Gasteiger partial charge in [-0.2, -0.15) is 0 Å². The first-order chi connectivity index (χ1) is 7.90. The number of hydrogen-bond acceptors (Lipinski definition) is 2. The highest BCUT2D eigenvalue weighted by atomic mass is 16.5. The van der Waals surface area contributed by atoms with Crippen molar-refractivity contribution < 1.29 is 4.74 Å². The number of azide groups is 1. The van der Waals surface area contributed by atoms with Gasteiger partial charge in [-0.05, 0) is 29.4 Å². The van der Waals surface area contributed by atoms with Crippen LogP contribution in [0.5, 0.6) is 0 Å². The second-order valence-corrected chi connectivity index (χ2v) is 4.17. The molecule has 0 bridgehead atoms. The molecule has 1 aromatic carbocycles. The number of ether oxygens (including phenoxy) is 1. The van der Waals surface area contributed by atoms with Crippen LogP contribution < -0.4 is 0 Å². The zero-order valence-corrected chi connectivity index (χ0v) is 9.12. The number of hydrogen-bond donors (Lipinski definition) is 0. The molecule has 1 aliphatic rings. The van der Waals surface area contributed by atoms with Crippen LogP contribution in [0.4, 0.5) is 0 Å². The summed E-state index contributed by atoms with van der Waals surface area (Å²) in [5.74, 6) is 1.14. The summed E-state index contributed by atoms with van der Waals surface area (Å²) in [6.45, 7) is 2.07. The second-order valence-electron chi connectivity index (χ2n) is 4.17. The molecule has 2 rings (SSSR count). The first-order valence-electron chi connectivity index (χ1n) is 5.52. The molecule has 1 fully saturated rings. The monoisotopic (exact) mass is 217 g/mol. The number of rotatable bonds is 6. The van der Waals surface area contributed by atoms with Crippen molar-refractivity contribution in [2.24, 2.45) is 17.0 Å². The Kier molecular flexibility index (Phi) is 3.81. The Morgan fingerprint density at radius 3 is 2.88 bits per heavy atom. The van der Waals surface area contributed by atoms with Gasteiger partial charge in [-0.25, -0.2) is 0 Å². The van der Waals surface area contributed by atoms with Crippen molar-refractivity contribution in [3.63, 3.8) is 0 Å². The van der Waals surface area contributed by atoms with E-state index in [1.54, 1.807) is 0 Å². The first kappa shape index (κ1) is 11.0. The molecule has 0 radical (unpaired) electrons. The lowest BCUT2D eigenvalue weighted by Gasteiger charge is -2.03. The molecular formula is C12H15N3O. The lowest BCUT2D eigenvalue weighted by Crippen LogP contribution is -1.99. The van der Waals surface area contributed by atoms with Crippen molar-refractivity contribution in [2.45, 2.75) is 13.0 Å². The summed E-state index contributed by atoms with van der Waals surface area (Å²) in [5, 5.41) is 3.58. The smallest absolute Gasteiger partial charge is 0.0717 e. The zero-order valence-electron chi connectivity index (χ0n) is 9.12. The fourth-order valence-corrected chi connectivity index (χ4v) is 1.78. The molecule has 84 valence electrons. The first-order valence-corrected chi connectivity index (χ1v) is 5.52. The Balaban J connectivity index is 1.62.